The number of nitrogens with zero attached hydrogens (tertiary/aromatic N) is 5. The Morgan fingerprint density at radius 2 is 2.28 bits per heavy atom. The van der Waals surface area contributed by atoms with Gasteiger partial charge in [-0.15, -0.1) is 0 Å². The van der Waals surface area contributed by atoms with Crippen molar-refractivity contribution in [2.24, 2.45) is 0 Å². The molecule has 2 aromatic rings. The second-order valence-electron chi connectivity index (χ2n) is 4.61. The van der Waals surface area contributed by atoms with Gasteiger partial charge >= 0.3 is 0 Å². The fourth-order valence-corrected chi connectivity index (χ4v) is 2.30. The van der Waals surface area contributed by atoms with Gasteiger partial charge in [0.1, 0.15) is 0 Å². The van der Waals surface area contributed by atoms with E-state index in [1.807, 2.05) is 6.92 Å². The fourth-order valence-electron chi connectivity index (χ4n) is 2.30. The van der Waals surface area contributed by atoms with Crippen molar-refractivity contribution >= 4 is 0 Å². The van der Waals surface area contributed by atoms with Gasteiger partial charge in [0.2, 0.25) is 0 Å². The van der Waals surface area contributed by atoms with Crippen LogP contribution in [0.25, 0.3) is 11.6 Å². The molecule has 6 heteroatoms. The first kappa shape index (κ1) is 11.4. The standard InChI is InChI=1S/C12H17N5O/c1-3-16-5-4-6-17-10(8-16)7-11(14-17)12-13-9(2)15-18-12/h7H,3-6,8H2,1-2H3. The fraction of sp³-hybridized carbons (Fsp3) is 0.583. The van der Waals surface area contributed by atoms with Crippen LogP contribution in [0.5, 0.6) is 0 Å². The molecule has 0 atom stereocenters. The Morgan fingerprint density at radius 1 is 1.39 bits per heavy atom. The summed E-state index contributed by atoms with van der Waals surface area (Å²) in [5, 5.41) is 8.36. The van der Waals surface area contributed by atoms with Crippen LogP contribution in [0.4, 0.5) is 0 Å². The molecule has 0 unspecified atom stereocenters. The second kappa shape index (κ2) is 4.53. The molecular weight excluding hydrogens is 230 g/mol. The molecule has 6 nitrogen and oxygen atoms in total. The maximum Gasteiger partial charge on any atom is 0.278 e. The molecule has 18 heavy (non-hydrogen) atoms. The summed E-state index contributed by atoms with van der Waals surface area (Å²) in [6.07, 6.45) is 1.13. The van der Waals surface area contributed by atoms with Gasteiger partial charge in [0.25, 0.3) is 5.89 Å². The van der Waals surface area contributed by atoms with E-state index in [1.165, 1.54) is 5.69 Å². The average molecular weight is 247 g/mol. The number of fused-ring (bicyclic) bond motifs is 1. The van der Waals surface area contributed by atoms with E-state index in [2.05, 4.69) is 37.8 Å². The lowest BCUT2D eigenvalue weighted by Crippen LogP contribution is -2.22. The summed E-state index contributed by atoms with van der Waals surface area (Å²) in [6, 6.07) is 2.06. The lowest BCUT2D eigenvalue weighted by atomic mass is 10.3. The Bertz CT molecular complexity index is 544. The number of aromatic nitrogens is 4. The van der Waals surface area contributed by atoms with Crippen molar-refractivity contribution in [2.75, 3.05) is 13.1 Å². The maximum absolute atomic E-state index is 5.16. The highest BCUT2D eigenvalue weighted by atomic mass is 16.5. The molecule has 0 radical (unpaired) electrons. The van der Waals surface area contributed by atoms with Crippen LogP contribution in [-0.4, -0.2) is 37.9 Å². The summed E-state index contributed by atoms with van der Waals surface area (Å²) in [4.78, 5) is 6.64. The van der Waals surface area contributed by atoms with Crippen LogP contribution in [0, 0.1) is 6.92 Å². The van der Waals surface area contributed by atoms with Gasteiger partial charge in [-0.3, -0.25) is 9.58 Å². The molecule has 0 amide bonds. The molecule has 0 N–H and O–H groups in total. The summed E-state index contributed by atoms with van der Waals surface area (Å²) in [6.45, 7) is 8.10. The SMILES string of the molecule is CCN1CCCn2nc(-c3nc(C)no3)cc2C1. The molecule has 0 saturated carbocycles. The smallest absolute Gasteiger partial charge is 0.278 e. The third-order valence-electron chi connectivity index (χ3n) is 3.29. The Kier molecular flexibility index (Phi) is 2.87. The Balaban J connectivity index is 1.92. The Morgan fingerprint density at radius 3 is 3.00 bits per heavy atom. The summed E-state index contributed by atoms with van der Waals surface area (Å²) in [7, 11) is 0. The molecule has 3 rings (SSSR count). The molecule has 0 fully saturated rings. The van der Waals surface area contributed by atoms with E-state index in [0.29, 0.717) is 11.7 Å². The van der Waals surface area contributed by atoms with Gasteiger partial charge in [0.15, 0.2) is 11.5 Å². The van der Waals surface area contributed by atoms with Crippen LogP contribution in [0.15, 0.2) is 10.6 Å². The van der Waals surface area contributed by atoms with Crippen LogP contribution in [0.1, 0.15) is 24.9 Å². The summed E-state index contributed by atoms with van der Waals surface area (Å²) >= 11 is 0. The number of rotatable bonds is 2. The van der Waals surface area contributed by atoms with Crippen molar-refractivity contribution in [3.8, 4) is 11.6 Å². The third kappa shape index (κ3) is 2.03. The van der Waals surface area contributed by atoms with E-state index >= 15 is 0 Å². The van der Waals surface area contributed by atoms with E-state index in [-0.39, 0.29) is 0 Å². The van der Waals surface area contributed by atoms with E-state index < -0.39 is 0 Å². The van der Waals surface area contributed by atoms with Crippen molar-refractivity contribution < 1.29 is 4.52 Å². The van der Waals surface area contributed by atoms with Gasteiger partial charge in [-0.2, -0.15) is 10.1 Å². The average Bonchev–Trinajstić information content (AvgIpc) is 2.91. The first-order valence-electron chi connectivity index (χ1n) is 6.36. The molecule has 2 aromatic heterocycles. The molecule has 1 aliphatic rings. The number of hydrogen-bond donors (Lipinski definition) is 0. The highest BCUT2D eigenvalue weighted by molar-refractivity contribution is 5.47. The minimum atomic E-state index is 0.510. The molecule has 96 valence electrons. The molecule has 0 bridgehead atoms. The van der Waals surface area contributed by atoms with Crippen molar-refractivity contribution in [1.82, 2.24) is 24.8 Å². The van der Waals surface area contributed by atoms with E-state index in [1.54, 1.807) is 0 Å². The van der Waals surface area contributed by atoms with E-state index in [0.717, 1.165) is 38.3 Å². The largest absolute Gasteiger partial charge is 0.332 e. The maximum atomic E-state index is 5.16. The number of hydrogen-bond acceptors (Lipinski definition) is 5. The molecule has 0 aromatic carbocycles. The lowest BCUT2D eigenvalue weighted by Gasteiger charge is -2.15. The summed E-state index contributed by atoms with van der Waals surface area (Å²) in [5.41, 5.74) is 2.00. The summed E-state index contributed by atoms with van der Waals surface area (Å²) in [5.74, 6) is 1.15. The van der Waals surface area contributed by atoms with Crippen molar-refractivity contribution in [3.05, 3.63) is 17.6 Å². The molecule has 0 spiro atoms. The minimum absolute atomic E-state index is 0.510. The van der Waals surface area contributed by atoms with Gasteiger partial charge in [0.05, 0.1) is 5.69 Å². The zero-order valence-electron chi connectivity index (χ0n) is 10.8. The first-order chi connectivity index (χ1) is 8.76. The number of aryl methyl sites for hydroxylation is 2. The normalized spacial score (nSPS) is 16.6. The van der Waals surface area contributed by atoms with Crippen LogP contribution >= 0.6 is 0 Å². The zero-order chi connectivity index (χ0) is 12.5. The predicted molar refractivity (Wildman–Crippen MR) is 65.8 cm³/mol. The lowest BCUT2D eigenvalue weighted by molar-refractivity contribution is 0.284. The van der Waals surface area contributed by atoms with Gasteiger partial charge in [-0.25, -0.2) is 0 Å². The monoisotopic (exact) mass is 247 g/mol. The highest BCUT2D eigenvalue weighted by Gasteiger charge is 2.18. The van der Waals surface area contributed by atoms with E-state index in [4.69, 9.17) is 4.52 Å². The first-order valence-corrected chi connectivity index (χ1v) is 6.36. The van der Waals surface area contributed by atoms with Gasteiger partial charge in [-0.05, 0) is 26.0 Å². The van der Waals surface area contributed by atoms with Crippen LogP contribution in [0.2, 0.25) is 0 Å². The van der Waals surface area contributed by atoms with Gasteiger partial charge < -0.3 is 4.52 Å². The highest BCUT2D eigenvalue weighted by Crippen LogP contribution is 2.20. The molecule has 1 aliphatic heterocycles. The van der Waals surface area contributed by atoms with Gasteiger partial charge in [-0.1, -0.05) is 12.1 Å². The van der Waals surface area contributed by atoms with Crippen molar-refractivity contribution in [2.45, 2.75) is 33.4 Å². The van der Waals surface area contributed by atoms with Crippen LogP contribution in [0.3, 0.4) is 0 Å². The Hall–Kier alpha value is -1.69. The Labute approximate surface area is 106 Å². The zero-order valence-corrected chi connectivity index (χ0v) is 10.8. The van der Waals surface area contributed by atoms with Crippen molar-refractivity contribution in [3.63, 3.8) is 0 Å². The van der Waals surface area contributed by atoms with E-state index in [9.17, 15) is 0 Å². The molecule has 3 heterocycles. The quantitative estimate of drug-likeness (QED) is 0.804. The van der Waals surface area contributed by atoms with Crippen molar-refractivity contribution in [1.29, 1.82) is 0 Å². The van der Waals surface area contributed by atoms with Crippen LogP contribution in [-0.2, 0) is 13.1 Å². The molecule has 0 saturated heterocycles. The second-order valence-corrected chi connectivity index (χ2v) is 4.61. The predicted octanol–water partition coefficient (Wildman–Crippen LogP) is 1.47. The van der Waals surface area contributed by atoms with Crippen LogP contribution < -0.4 is 0 Å². The van der Waals surface area contributed by atoms with Gasteiger partial charge in [0, 0.05) is 19.6 Å². The molecular formula is C12H17N5O. The summed E-state index contributed by atoms with van der Waals surface area (Å²) < 4.78 is 7.22. The minimum Gasteiger partial charge on any atom is -0.332 e. The molecule has 0 aliphatic carbocycles. The topological polar surface area (TPSA) is 60.0 Å². The third-order valence-corrected chi connectivity index (χ3v) is 3.29.